The van der Waals surface area contributed by atoms with Crippen LogP contribution in [0.15, 0.2) is 0 Å². The molecule has 2 heterocycles. The molecule has 0 saturated carbocycles. The molecule has 36 heavy (non-hydrogen) atoms. The first-order chi connectivity index (χ1) is 16.3. The minimum Gasteiger partial charge on any atom is -0.461 e. The smallest absolute Gasteiger partial charge is 0.419 e. The largest absolute Gasteiger partial charge is 0.461 e. The zero-order valence-corrected chi connectivity index (χ0v) is 22.8. The highest BCUT2D eigenvalue weighted by Gasteiger charge is 2.62. The Balaban J connectivity index is 2.46. The molecule has 2 rings (SSSR count). The van der Waals surface area contributed by atoms with Crippen LogP contribution in [0, 0.1) is 16.2 Å². The lowest BCUT2D eigenvalue weighted by Gasteiger charge is -2.32. The van der Waals surface area contributed by atoms with E-state index in [1.807, 2.05) is 0 Å². The molecule has 204 valence electrons. The summed E-state index contributed by atoms with van der Waals surface area (Å²) in [5, 5.41) is 0. The molecule has 0 aromatic rings. The van der Waals surface area contributed by atoms with E-state index in [4.69, 9.17) is 23.7 Å². The number of fused-ring (bicyclic) bond motifs is 1. The van der Waals surface area contributed by atoms with Crippen LogP contribution in [0.4, 0.5) is 4.79 Å². The Bertz CT molecular complexity index is 892. The number of rotatable bonds is 6. The van der Waals surface area contributed by atoms with Gasteiger partial charge in [0.2, 0.25) is 5.91 Å². The molecule has 2 aliphatic heterocycles. The van der Waals surface area contributed by atoms with E-state index >= 15 is 0 Å². The molecule has 0 bridgehead atoms. The predicted molar refractivity (Wildman–Crippen MR) is 125 cm³/mol. The molecule has 2 amide bonds. The lowest BCUT2D eigenvalue weighted by molar-refractivity contribution is -0.190. The van der Waals surface area contributed by atoms with Crippen molar-refractivity contribution < 1.29 is 47.7 Å². The maximum Gasteiger partial charge on any atom is 0.419 e. The van der Waals surface area contributed by atoms with Crippen LogP contribution in [0.2, 0.25) is 0 Å². The van der Waals surface area contributed by atoms with Crippen LogP contribution in [-0.2, 0) is 42.9 Å². The number of ether oxygens (including phenoxy) is 5. The predicted octanol–water partition coefficient (Wildman–Crippen LogP) is 2.97. The van der Waals surface area contributed by atoms with Gasteiger partial charge >= 0.3 is 24.0 Å². The first-order valence-corrected chi connectivity index (χ1v) is 12.1. The summed E-state index contributed by atoms with van der Waals surface area (Å²) in [6, 6.07) is 0. The van der Waals surface area contributed by atoms with Crippen LogP contribution < -0.4 is 0 Å². The fourth-order valence-corrected chi connectivity index (χ4v) is 3.31. The third kappa shape index (κ3) is 6.54. The number of nitrogens with zero attached hydrogens (tertiary/aromatic N) is 1. The lowest BCUT2D eigenvalue weighted by atomic mass is 9.96. The van der Waals surface area contributed by atoms with E-state index in [1.54, 1.807) is 69.2 Å². The van der Waals surface area contributed by atoms with Gasteiger partial charge < -0.3 is 23.7 Å². The van der Waals surface area contributed by atoms with Crippen molar-refractivity contribution in [2.24, 2.45) is 16.2 Å². The van der Waals surface area contributed by atoms with E-state index in [2.05, 4.69) is 0 Å². The third-order valence-electron chi connectivity index (χ3n) is 5.57. The first kappa shape index (κ1) is 29.5. The molecule has 0 N–H and O–H groups in total. The molecular weight excluding hydrogens is 474 g/mol. The van der Waals surface area contributed by atoms with Gasteiger partial charge in [0, 0.05) is 6.42 Å². The van der Waals surface area contributed by atoms with Gasteiger partial charge in [0.25, 0.3) is 0 Å². The zero-order valence-electron chi connectivity index (χ0n) is 22.8. The number of amides is 2. The highest BCUT2D eigenvalue weighted by atomic mass is 16.7. The highest BCUT2D eigenvalue weighted by Crippen LogP contribution is 2.38. The van der Waals surface area contributed by atoms with Gasteiger partial charge in [-0.15, -0.1) is 0 Å². The van der Waals surface area contributed by atoms with E-state index < -0.39 is 83.4 Å². The number of imide groups is 1. The summed E-state index contributed by atoms with van der Waals surface area (Å²) in [5.41, 5.74) is -2.65. The van der Waals surface area contributed by atoms with Gasteiger partial charge in [-0.25, -0.2) is 9.69 Å². The monoisotopic (exact) mass is 513 g/mol. The third-order valence-corrected chi connectivity index (χ3v) is 5.57. The molecule has 0 aliphatic carbocycles. The van der Waals surface area contributed by atoms with Gasteiger partial charge in [-0.05, 0) is 62.3 Å². The van der Waals surface area contributed by atoms with Crippen molar-refractivity contribution in [1.29, 1.82) is 0 Å². The second-order valence-corrected chi connectivity index (χ2v) is 12.1. The topological polar surface area (TPSA) is 135 Å². The van der Waals surface area contributed by atoms with E-state index in [9.17, 15) is 24.0 Å². The summed E-state index contributed by atoms with van der Waals surface area (Å²) in [7, 11) is 0. The second-order valence-electron chi connectivity index (χ2n) is 12.1. The van der Waals surface area contributed by atoms with Crippen LogP contribution in [0.5, 0.6) is 0 Å². The molecule has 2 saturated heterocycles. The maximum atomic E-state index is 12.8. The van der Waals surface area contributed by atoms with E-state index in [0.717, 1.165) is 4.90 Å². The van der Waals surface area contributed by atoms with E-state index in [-0.39, 0.29) is 6.42 Å². The SMILES string of the molecule is CCC(=O)N1C(=O)O[C@@H]2[C@@H](OC(=O)C(C)(C)C)[C@@H]([C@@H](COC(=O)C(C)(C)C)OC(=O)C(C)(C)C)O[C@@H]21. The Labute approximate surface area is 212 Å². The van der Waals surface area contributed by atoms with Crippen molar-refractivity contribution in [3.8, 4) is 0 Å². The minimum atomic E-state index is -1.23. The Morgan fingerprint density at radius 2 is 1.42 bits per heavy atom. The summed E-state index contributed by atoms with van der Waals surface area (Å²) in [6.45, 7) is 16.1. The molecule has 0 aromatic heterocycles. The van der Waals surface area contributed by atoms with Gasteiger partial charge in [-0.2, -0.15) is 0 Å². The summed E-state index contributed by atoms with van der Waals surface area (Å²) < 4.78 is 28.3. The molecular formula is C25H39NO10. The molecule has 11 nitrogen and oxygen atoms in total. The van der Waals surface area contributed by atoms with Gasteiger partial charge in [0.15, 0.2) is 24.5 Å². The molecule has 0 aromatic carbocycles. The first-order valence-electron chi connectivity index (χ1n) is 12.1. The van der Waals surface area contributed by atoms with E-state index in [1.165, 1.54) is 0 Å². The van der Waals surface area contributed by atoms with Crippen LogP contribution in [0.3, 0.4) is 0 Å². The van der Waals surface area contributed by atoms with Gasteiger partial charge in [-0.1, -0.05) is 6.92 Å². The van der Waals surface area contributed by atoms with Crippen LogP contribution >= 0.6 is 0 Å². The number of hydrogen-bond donors (Lipinski definition) is 0. The van der Waals surface area contributed by atoms with Crippen LogP contribution in [-0.4, -0.2) is 72.1 Å². The molecule has 2 aliphatic rings. The quantitative estimate of drug-likeness (QED) is 0.385. The zero-order chi connectivity index (χ0) is 27.8. The van der Waals surface area contributed by atoms with Crippen LogP contribution in [0.1, 0.15) is 75.7 Å². The van der Waals surface area contributed by atoms with Gasteiger partial charge in [0.05, 0.1) is 16.2 Å². The molecule has 0 spiro atoms. The summed E-state index contributed by atoms with van der Waals surface area (Å²) in [5.74, 6) is -2.32. The summed E-state index contributed by atoms with van der Waals surface area (Å²) in [6.07, 6.45) is -6.92. The number of hydrogen-bond acceptors (Lipinski definition) is 10. The van der Waals surface area contributed by atoms with Crippen molar-refractivity contribution in [1.82, 2.24) is 4.90 Å². The standard InChI is InChI=1S/C25H39NO10/c1-11-14(27)26-18-17(36-22(26)31)16(35-21(30)25(8,9)10)15(34-18)13(33-20(29)24(5,6)7)12-32-19(28)23(2,3)4/h13,15-18H,11-12H2,1-10H3/t13-,15-,16+,17-,18+/m1/s1. The average Bonchev–Trinajstić information content (AvgIpc) is 3.22. The van der Waals surface area contributed by atoms with E-state index in [0.29, 0.717) is 0 Å². The Kier molecular flexibility index (Phi) is 8.50. The van der Waals surface area contributed by atoms with Gasteiger partial charge in [-0.3, -0.25) is 19.2 Å². The molecule has 11 heteroatoms. The van der Waals surface area contributed by atoms with Crippen molar-refractivity contribution >= 4 is 29.9 Å². The fourth-order valence-electron chi connectivity index (χ4n) is 3.31. The minimum absolute atomic E-state index is 0.00439. The Hall–Kier alpha value is -2.69. The second kappa shape index (κ2) is 10.4. The summed E-state index contributed by atoms with van der Waals surface area (Å²) in [4.78, 5) is 63.8. The highest BCUT2D eigenvalue weighted by molar-refractivity contribution is 5.93. The van der Waals surface area contributed by atoms with Crippen LogP contribution in [0.25, 0.3) is 0 Å². The molecule has 0 unspecified atom stereocenters. The molecule has 5 atom stereocenters. The lowest BCUT2D eigenvalue weighted by Crippen LogP contribution is -2.49. The number of carbonyl (C=O) groups excluding carboxylic acids is 5. The fraction of sp³-hybridized carbons (Fsp3) is 0.800. The summed E-state index contributed by atoms with van der Waals surface area (Å²) >= 11 is 0. The van der Waals surface area contributed by atoms with Crippen molar-refractivity contribution in [3.05, 3.63) is 0 Å². The van der Waals surface area contributed by atoms with Crippen molar-refractivity contribution in [2.75, 3.05) is 6.61 Å². The average molecular weight is 514 g/mol. The van der Waals surface area contributed by atoms with Crippen molar-refractivity contribution in [2.45, 2.75) is 106 Å². The van der Waals surface area contributed by atoms with Crippen molar-refractivity contribution in [3.63, 3.8) is 0 Å². The van der Waals surface area contributed by atoms with Gasteiger partial charge in [0.1, 0.15) is 12.7 Å². The number of esters is 3. The normalized spacial score (nSPS) is 25.1. The molecule has 2 fully saturated rings. The Morgan fingerprint density at radius 1 is 0.889 bits per heavy atom. The maximum absolute atomic E-state index is 12.8. The number of carbonyl (C=O) groups is 5. The Morgan fingerprint density at radius 3 is 1.89 bits per heavy atom. The molecule has 0 radical (unpaired) electrons.